The monoisotopic (exact) mass is 317 g/mol. The Balaban J connectivity index is -0.000000101. The summed E-state index contributed by atoms with van der Waals surface area (Å²) in [5.41, 5.74) is 0. The summed E-state index contributed by atoms with van der Waals surface area (Å²) in [6.07, 6.45) is 4.75. The number of aromatic nitrogens is 1. The molecule has 0 aliphatic heterocycles. The molecule has 0 N–H and O–H groups in total. The van der Waals surface area contributed by atoms with E-state index in [1.165, 1.54) is 6.42 Å². The zero-order valence-electron chi connectivity index (χ0n) is 17.1. The molecule has 2 aromatic rings. The molecular weight excluding hydrogens is 277 g/mol. The van der Waals surface area contributed by atoms with Crippen LogP contribution in [0.15, 0.2) is 67.0 Å². The summed E-state index contributed by atoms with van der Waals surface area (Å²) in [7, 11) is 0. The van der Waals surface area contributed by atoms with Crippen molar-refractivity contribution >= 4 is 6.71 Å². The molecule has 23 heavy (non-hydrogen) atoms. The maximum atomic E-state index is 3.78. The zero-order chi connectivity index (χ0) is 18.8. The van der Waals surface area contributed by atoms with Gasteiger partial charge in [0.15, 0.2) is 0 Å². The van der Waals surface area contributed by atoms with E-state index >= 15 is 0 Å². The van der Waals surface area contributed by atoms with E-state index in [1.54, 1.807) is 12.4 Å². The lowest BCUT2D eigenvalue weighted by atomic mass is 9.58. The third-order valence-electron chi connectivity index (χ3n) is 1.23. The maximum Gasteiger partial charge on any atom is 0.130 e. The van der Waals surface area contributed by atoms with Crippen molar-refractivity contribution in [3.8, 4) is 0 Å². The van der Waals surface area contributed by atoms with Gasteiger partial charge in [-0.1, -0.05) is 111 Å². The number of pyridine rings is 1. The van der Waals surface area contributed by atoms with Gasteiger partial charge in [0.2, 0.25) is 0 Å². The highest BCUT2D eigenvalue weighted by Crippen LogP contribution is 1.80. The van der Waals surface area contributed by atoms with Gasteiger partial charge >= 0.3 is 0 Å². The van der Waals surface area contributed by atoms with E-state index in [1.807, 2.05) is 82.3 Å². The lowest BCUT2D eigenvalue weighted by Gasteiger charge is -1.71. The molecule has 1 aromatic carbocycles. The number of rotatable bonds is 0. The van der Waals surface area contributed by atoms with E-state index < -0.39 is 0 Å². The Morgan fingerprint density at radius 1 is 0.565 bits per heavy atom. The van der Waals surface area contributed by atoms with Crippen LogP contribution in [-0.2, 0) is 0 Å². The molecule has 0 atom stereocenters. The van der Waals surface area contributed by atoms with Crippen molar-refractivity contribution in [2.24, 2.45) is 0 Å². The molecule has 1 nitrogen and oxygen atoms in total. The standard InChI is InChI=1S/C6H6.C5H5N.C3H9B.C3H8.2C2H6/c2*1-2-4-6-5-3-1;1-4(2)3;1-3-2;2*1-2/h1-6H;1-5H;1-3H3;3H2,1-2H3;2*1-2H3. The highest BCUT2D eigenvalue weighted by Gasteiger charge is 1.76. The lowest BCUT2D eigenvalue weighted by Crippen LogP contribution is -1.84. The summed E-state index contributed by atoms with van der Waals surface area (Å²) in [6.45, 7) is 19.6. The first-order valence-corrected chi connectivity index (χ1v) is 9.00. The second-order valence-electron chi connectivity index (χ2n) is 4.62. The Kier molecular flexibility index (Phi) is 47.4. The van der Waals surface area contributed by atoms with Crippen LogP contribution < -0.4 is 0 Å². The summed E-state index contributed by atoms with van der Waals surface area (Å²) in [5.74, 6) is 0. The molecule has 0 radical (unpaired) electrons. The van der Waals surface area contributed by atoms with E-state index in [0.717, 1.165) is 6.71 Å². The van der Waals surface area contributed by atoms with Crippen LogP contribution in [0.3, 0.4) is 0 Å². The first kappa shape index (κ1) is 29.4. The lowest BCUT2D eigenvalue weighted by molar-refractivity contribution is 1.09. The van der Waals surface area contributed by atoms with Gasteiger partial charge in [0.1, 0.15) is 6.71 Å². The second-order valence-corrected chi connectivity index (χ2v) is 4.62. The molecule has 1 aromatic heterocycles. The molecule has 132 valence electrons. The summed E-state index contributed by atoms with van der Waals surface area (Å²) < 4.78 is 0. The normalized spacial score (nSPS) is 6.65. The molecule has 0 unspecified atom stereocenters. The third-order valence-corrected chi connectivity index (χ3v) is 1.23. The minimum absolute atomic E-state index is 0.833. The van der Waals surface area contributed by atoms with Crippen LogP contribution in [0.2, 0.25) is 20.5 Å². The van der Waals surface area contributed by atoms with Crippen molar-refractivity contribution in [2.45, 2.75) is 68.4 Å². The van der Waals surface area contributed by atoms with Crippen molar-refractivity contribution in [1.82, 2.24) is 4.98 Å². The smallest absolute Gasteiger partial charge is 0.130 e. The van der Waals surface area contributed by atoms with Crippen molar-refractivity contribution in [2.75, 3.05) is 0 Å². The molecule has 0 saturated heterocycles. The predicted octanol–water partition coefficient (Wildman–Crippen LogP) is 7.61. The Bertz CT molecular complexity index is 235. The molecule has 1 heterocycles. The highest BCUT2D eigenvalue weighted by molar-refractivity contribution is 6.54. The van der Waals surface area contributed by atoms with E-state index in [-0.39, 0.29) is 0 Å². The van der Waals surface area contributed by atoms with Gasteiger partial charge in [-0.2, -0.15) is 0 Å². The van der Waals surface area contributed by atoms with Gasteiger partial charge in [-0.15, -0.1) is 0 Å². The van der Waals surface area contributed by atoms with Gasteiger partial charge in [0.25, 0.3) is 0 Å². The largest absolute Gasteiger partial charge is 0.265 e. The van der Waals surface area contributed by atoms with E-state index in [9.17, 15) is 0 Å². The summed E-state index contributed by atoms with van der Waals surface area (Å²) in [6, 6.07) is 17.7. The molecule has 0 aliphatic carbocycles. The molecule has 0 spiro atoms. The molecule has 0 amide bonds. The fourth-order valence-corrected chi connectivity index (χ4v) is 0.698. The Morgan fingerprint density at radius 3 is 0.826 bits per heavy atom. The molecule has 2 heteroatoms. The van der Waals surface area contributed by atoms with Crippen molar-refractivity contribution in [3.05, 3.63) is 67.0 Å². The van der Waals surface area contributed by atoms with Crippen LogP contribution in [0, 0.1) is 0 Å². The molecule has 0 fully saturated rings. The van der Waals surface area contributed by atoms with E-state index in [2.05, 4.69) is 39.3 Å². The topological polar surface area (TPSA) is 12.9 Å². The van der Waals surface area contributed by atoms with Crippen LogP contribution in [0.4, 0.5) is 0 Å². The van der Waals surface area contributed by atoms with Crippen LogP contribution in [-0.4, -0.2) is 11.7 Å². The van der Waals surface area contributed by atoms with Crippen molar-refractivity contribution < 1.29 is 0 Å². The number of benzene rings is 1. The van der Waals surface area contributed by atoms with Gasteiger partial charge in [0, 0.05) is 12.4 Å². The van der Waals surface area contributed by atoms with E-state index in [4.69, 9.17) is 0 Å². The van der Waals surface area contributed by atoms with Crippen LogP contribution in [0.1, 0.15) is 48.0 Å². The quantitative estimate of drug-likeness (QED) is 0.456. The highest BCUT2D eigenvalue weighted by atomic mass is 14.6. The average molecular weight is 317 g/mol. The fourth-order valence-electron chi connectivity index (χ4n) is 0.698. The first-order chi connectivity index (χ1) is 11.1. The summed E-state index contributed by atoms with van der Waals surface area (Å²) in [4.78, 5) is 3.78. The third kappa shape index (κ3) is 63.8. The number of hydrogen-bond donors (Lipinski definition) is 0. The molecular formula is C21H40BN. The minimum atomic E-state index is 0.833. The second kappa shape index (κ2) is 37.0. The first-order valence-electron chi connectivity index (χ1n) is 9.00. The fraction of sp³-hybridized carbons (Fsp3) is 0.476. The van der Waals surface area contributed by atoms with Gasteiger partial charge < -0.3 is 0 Å². The zero-order valence-corrected chi connectivity index (χ0v) is 17.1. The van der Waals surface area contributed by atoms with E-state index in [0.29, 0.717) is 0 Å². The predicted molar refractivity (Wildman–Crippen MR) is 113 cm³/mol. The van der Waals surface area contributed by atoms with Crippen LogP contribution in [0.5, 0.6) is 0 Å². The molecule has 0 bridgehead atoms. The van der Waals surface area contributed by atoms with Gasteiger partial charge in [-0.25, -0.2) is 0 Å². The summed E-state index contributed by atoms with van der Waals surface area (Å²) >= 11 is 0. The molecule has 2 rings (SSSR count). The number of hydrogen-bond acceptors (Lipinski definition) is 1. The van der Waals surface area contributed by atoms with Crippen LogP contribution >= 0.6 is 0 Å². The van der Waals surface area contributed by atoms with Crippen molar-refractivity contribution in [1.29, 1.82) is 0 Å². The summed E-state index contributed by atoms with van der Waals surface area (Å²) in [5, 5.41) is 0. The Hall–Kier alpha value is -1.57. The SMILES string of the molecule is CB(C)C.CC.CC.CCC.c1ccccc1.c1ccncc1. The van der Waals surface area contributed by atoms with Gasteiger partial charge in [-0.3, -0.25) is 4.98 Å². The maximum absolute atomic E-state index is 3.78. The Labute approximate surface area is 147 Å². The van der Waals surface area contributed by atoms with Gasteiger partial charge in [-0.05, 0) is 12.1 Å². The van der Waals surface area contributed by atoms with Gasteiger partial charge in [0.05, 0.1) is 0 Å². The molecule has 0 aliphatic rings. The minimum Gasteiger partial charge on any atom is -0.265 e. The van der Waals surface area contributed by atoms with Crippen molar-refractivity contribution in [3.63, 3.8) is 0 Å². The number of nitrogens with zero attached hydrogens (tertiary/aromatic N) is 1. The van der Waals surface area contributed by atoms with Crippen LogP contribution in [0.25, 0.3) is 0 Å². The average Bonchev–Trinajstić information content (AvgIpc) is 2.62. The Morgan fingerprint density at radius 2 is 0.739 bits per heavy atom. The molecule has 0 saturated carbocycles.